The molecule has 0 spiro atoms. The van der Waals surface area contributed by atoms with Crippen LogP contribution in [0.15, 0.2) is 35.2 Å². The molecule has 1 unspecified atom stereocenters. The fraction of sp³-hybridized carbons (Fsp3) is 0.250. The second-order valence-electron chi connectivity index (χ2n) is 2.14. The van der Waals surface area contributed by atoms with Crippen molar-refractivity contribution in [2.45, 2.75) is 11.2 Å². The average Bonchev–Trinajstić information content (AvgIpc) is 2.03. The van der Waals surface area contributed by atoms with E-state index in [1.165, 1.54) is 0 Å². The van der Waals surface area contributed by atoms with E-state index in [1.54, 1.807) is 12.3 Å². The van der Waals surface area contributed by atoms with Crippen LogP contribution in [0.1, 0.15) is 6.42 Å². The monoisotopic (exact) mass is 278 g/mol. The highest BCUT2D eigenvalue weighted by molar-refractivity contribution is 9.12. The van der Waals surface area contributed by atoms with E-state index in [1.807, 2.05) is 6.08 Å². The Morgan fingerprint density at radius 2 is 2.55 bits per heavy atom. The van der Waals surface area contributed by atoms with Crippen molar-refractivity contribution in [2.75, 3.05) is 0 Å². The van der Waals surface area contributed by atoms with Gasteiger partial charge in [-0.2, -0.15) is 0 Å². The van der Waals surface area contributed by atoms with Gasteiger partial charge in [-0.3, -0.25) is 0 Å². The molecule has 0 aromatic carbocycles. The molecule has 0 N–H and O–H groups in total. The number of allylic oxidation sites excluding steroid dienone is 4. The maximum Gasteiger partial charge on any atom is 0.119 e. The first-order valence-electron chi connectivity index (χ1n) is 3.22. The summed E-state index contributed by atoms with van der Waals surface area (Å²) in [5.41, 5.74) is 0. The number of hydrogen-bond acceptors (Lipinski definition) is 1. The van der Waals surface area contributed by atoms with Crippen LogP contribution in [0.3, 0.4) is 0 Å². The third kappa shape index (κ3) is 2.49. The van der Waals surface area contributed by atoms with Crippen LogP contribution >= 0.6 is 31.9 Å². The van der Waals surface area contributed by atoms with Gasteiger partial charge in [0.05, 0.1) is 10.7 Å². The fourth-order valence-electron chi connectivity index (χ4n) is 0.768. The smallest absolute Gasteiger partial charge is 0.119 e. The lowest BCUT2D eigenvalue weighted by atomic mass is 10.2. The Balaban J connectivity index is 2.77. The van der Waals surface area contributed by atoms with Gasteiger partial charge in [-0.25, -0.2) is 0 Å². The van der Waals surface area contributed by atoms with E-state index >= 15 is 0 Å². The Bertz CT molecular complexity index is 218. The highest BCUT2D eigenvalue weighted by Crippen LogP contribution is 2.26. The van der Waals surface area contributed by atoms with E-state index < -0.39 is 0 Å². The number of hydrogen-bond donors (Lipinski definition) is 0. The van der Waals surface area contributed by atoms with Crippen molar-refractivity contribution in [3.05, 3.63) is 35.2 Å². The van der Waals surface area contributed by atoms with E-state index in [4.69, 9.17) is 4.74 Å². The molecule has 1 nitrogen and oxygen atoms in total. The van der Waals surface area contributed by atoms with Gasteiger partial charge in [0, 0.05) is 11.2 Å². The Morgan fingerprint density at radius 1 is 1.82 bits per heavy atom. The molecular formula is C8H8Br2O. The van der Waals surface area contributed by atoms with Gasteiger partial charge < -0.3 is 4.74 Å². The van der Waals surface area contributed by atoms with E-state index in [0.717, 1.165) is 16.7 Å². The summed E-state index contributed by atoms with van der Waals surface area (Å²) in [4.78, 5) is 0.374. The Hall–Kier alpha value is -0.0200. The highest BCUT2D eigenvalue weighted by atomic mass is 79.9. The number of alkyl halides is 1. The minimum atomic E-state index is 0.374. The lowest BCUT2D eigenvalue weighted by Gasteiger charge is -2.14. The maximum absolute atomic E-state index is 5.25. The van der Waals surface area contributed by atoms with E-state index in [2.05, 4.69) is 38.4 Å². The van der Waals surface area contributed by atoms with Crippen molar-refractivity contribution >= 4 is 31.9 Å². The summed E-state index contributed by atoms with van der Waals surface area (Å²) in [7, 11) is 0. The van der Waals surface area contributed by atoms with Gasteiger partial charge in [0.1, 0.15) is 5.76 Å². The van der Waals surface area contributed by atoms with Crippen LogP contribution in [0.5, 0.6) is 0 Å². The second kappa shape index (κ2) is 4.12. The SMILES string of the molecule is C=C/C(Br)=C1\CC(Br)C=CO1. The lowest BCUT2D eigenvalue weighted by molar-refractivity contribution is 0.320. The van der Waals surface area contributed by atoms with Gasteiger partial charge in [-0.15, -0.1) is 0 Å². The molecule has 1 rings (SSSR count). The zero-order chi connectivity index (χ0) is 8.27. The molecule has 0 saturated heterocycles. The van der Waals surface area contributed by atoms with Crippen LogP contribution in [0.2, 0.25) is 0 Å². The largest absolute Gasteiger partial charge is 0.468 e. The highest BCUT2D eigenvalue weighted by Gasteiger charge is 2.12. The summed E-state index contributed by atoms with van der Waals surface area (Å²) in [6, 6.07) is 0. The molecule has 0 radical (unpaired) electrons. The first-order valence-corrected chi connectivity index (χ1v) is 4.93. The maximum atomic E-state index is 5.25. The standard InChI is InChI=1S/C8H8Br2O/c1-2-7(10)8-5-6(9)3-4-11-8/h2-4,6H,1,5H2/b8-7-. The Labute approximate surface area is 83.1 Å². The van der Waals surface area contributed by atoms with Crippen LogP contribution < -0.4 is 0 Å². The minimum Gasteiger partial charge on any atom is -0.468 e. The van der Waals surface area contributed by atoms with Gasteiger partial charge in [-0.1, -0.05) is 28.6 Å². The van der Waals surface area contributed by atoms with Crippen molar-refractivity contribution in [2.24, 2.45) is 0 Å². The molecule has 3 heteroatoms. The summed E-state index contributed by atoms with van der Waals surface area (Å²) in [6.07, 6.45) is 6.24. The number of halogens is 2. The normalized spacial score (nSPS) is 27.6. The number of ether oxygens (including phenoxy) is 1. The van der Waals surface area contributed by atoms with Crippen LogP contribution in [0.4, 0.5) is 0 Å². The van der Waals surface area contributed by atoms with Gasteiger partial charge in [0.2, 0.25) is 0 Å². The first kappa shape index (κ1) is 9.07. The quantitative estimate of drug-likeness (QED) is 0.668. The predicted molar refractivity (Wildman–Crippen MR) is 53.7 cm³/mol. The Morgan fingerprint density at radius 3 is 3.09 bits per heavy atom. The van der Waals surface area contributed by atoms with Crippen molar-refractivity contribution < 1.29 is 4.74 Å². The predicted octanol–water partition coefficient (Wildman–Crippen LogP) is 3.48. The van der Waals surface area contributed by atoms with Crippen LogP contribution in [0, 0.1) is 0 Å². The number of rotatable bonds is 1. The van der Waals surface area contributed by atoms with Crippen LogP contribution in [0.25, 0.3) is 0 Å². The molecule has 1 aliphatic heterocycles. The summed E-state index contributed by atoms with van der Waals surface area (Å²) in [5, 5.41) is 0. The van der Waals surface area contributed by atoms with Crippen molar-refractivity contribution in [1.29, 1.82) is 0 Å². The molecule has 0 amide bonds. The third-order valence-corrected chi connectivity index (χ3v) is 2.72. The summed E-state index contributed by atoms with van der Waals surface area (Å²) >= 11 is 6.82. The molecule has 1 aliphatic rings. The molecule has 60 valence electrons. The van der Waals surface area contributed by atoms with Crippen LogP contribution in [-0.2, 0) is 4.74 Å². The minimum absolute atomic E-state index is 0.374. The average molecular weight is 280 g/mol. The van der Waals surface area contributed by atoms with E-state index in [9.17, 15) is 0 Å². The molecule has 0 aliphatic carbocycles. The fourth-order valence-corrected chi connectivity index (χ4v) is 1.44. The molecule has 11 heavy (non-hydrogen) atoms. The molecule has 0 aromatic heterocycles. The molecule has 0 bridgehead atoms. The van der Waals surface area contributed by atoms with E-state index in [-0.39, 0.29) is 0 Å². The molecule has 0 aromatic rings. The second-order valence-corrected chi connectivity index (χ2v) is 4.17. The van der Waals surface area contributed by atoms with Gasteiger partial charge in [-0.05, 0) is 22.0 Å². The van der Waals surface area contributed by atoms with E-state index in [0.29, 0.717) is 4.83 Å². The summed E-state index contributed by atoms with van der Waals surface area (Å²) < 4.78 is 6.17. The van der Waals surface area contributed by atoms with Crippen molar-refractivity contribution in [1.82, 2.24) is 0 Å². The topological polar surface area (TPSA) is 9.23 Å². The zero-order valence-corrected chi connectivity index (χ0v) is 9.06. The first-order chi connectivity index (χ1) is 5.24. The van der Waals surface area contributed by atoms with Gasteiger partial charge >= 0.3 is 0 Å². The third-order valence-electron chi connectivity index (χ3n) is 1.32. The summed E-state index contributed by atoms with van der Waals surface area (Å²) in [6.45, 7) is 3.64. The molecule has 0 saturated carbocycles. The van der Waals surface area contributed by atoms with Gasteiger partial charge in [0.25, 0.3) is 0 Å². The molecule has 1 heterocycles. The lowest BCUT2D eigenvalue weighted by Crippen LogP contribution is -2.03. The Kier molecular flexibility index (Phi) is 3.40. The van der Waals surface area contributed by atoms with Gasteiger partial charge in [0.15, 0.2) is 0 Å². The summed E-state index contributed by atoms with van der Waals surface area (Å²) in [5.74, 6) is 0.921. The molecule has 0 fully saturated rings. The van der Waals surface area contributed by atoms with Crippen molar-refractivity contribution in [3.63, 3.8) is 0 Å². The molecule has 1 atom stereocenters. The van der Waals surface area contributed by atoms with Crippen LogP contribution in [-0.4, -0.2) is 4.83 Å². The van der Waals surface area contributed by atoms with Crippen molar-refractivity contribution in [3.8, 4) is 0 Å². The molecular weight excluding hydrogens is 272 g/mol. The zero-order valence-electron chi connectivity index (χ0n) is 5.89.